The van der Waals surface area contributed by atoms with Crippen molar-refractivity contribution in [3.63, 3.8) is 0 Å². The Labute approximate surface area is 98.6 Å². The molecule has 0 bridgehead atoms. The highest BCUT2D eigenvalue weighted by Crippen LogP contribution is 1.97. The Kier molecular flexibility index (Phi) is 10.2. The number of allylic oxidation sites excluding steroid dienone is 3. The Bertz CT molecular complexity index is 341. The number of hydrogen-bond donors (Lipinski definition) is 1. The van der Waals surface area contributed by atoms with E-state index in [2.05, 4.69) is 42.9 Å². The fourth-order valence-corrected chi connectivity index (χ4v) is 0.904. The van der Waals surface area contributed by atoms with Gasteiger partial charge in [-0.1, -0.05) is 42.7 Å². The molecule has 1 atom stereocenters. The molecule has 0 aliphatic rings. The molecule has 0 saturated heterocycles. The van der Waals surface area contributed by atoms with Crippen LogP contribution in [0.25, 0.3) is 0 Å². The zero-order valence-electron chi connectivity index (χ0n) is 9.58. The first-order valence-electron chi connectivity index (χ1n) is 5.36. The minimum absolute atomic E-state index is 0.701. The number of hydrogen-bond acceptors (Lipinski definition) is 1. The largest absolute Gasteiger partial charge is 0.377 e. The Morgan fingerprint density at radius 1 is 1.12 bits per heavy atom. The molecule has 84 valence electrons. The van der Waals surface area contributed by atoms with E-state index >= 15 is 0 Å². The zero-order valence-corrected chi connectivity index (χ0v) is 9.58. The summed E-state index contributed by atoms with van der Waals surface area (Å²) in [4.78, 5) is 0. The highest BCUT2D eigenvalue weighted by Gasteiger charge is 1.83. The Morgan fingerprint density at radius 3 is 2.62 bits per heavy atom. The van der Waals surface area contributed by atoms with Gasteiger partial charge in [-0.3, -0.25) is 0 Å². The lowest BCUT2D eigenvalue weighted by molar-refractivity contribution is 0.281. The van der Waals surface area contributed by atoms with E-state index in [1.807, 2.05) is 12.2 Å². The van der Waals surface area contributed by atoms with E-state index in [4.69, 9.17) is 5.11 Å². The van der Waals surface area contributed by atoms with Crippen LogP contribution in [0.5, 0.6) is 0 Å². The molecule has 0 aliphatic heterocycles. The summed E-state index contributed by atoms with van der Waals surface area (Å²) in [5.41, 5.74) is 0. The molecule has 0 heterocycles. The third kappa shape index (κ3) is 10.4. The number of aliphatic hydroxyl groups is 1. The summed E-state index contributed by atoms with van der Waals surface area (Å²) in [6.07, 6.45) is 10.6. The van der Waals surface area contributed by atoms with Crippen LogP contribution in [0.4, 0.5) is 0 Å². The molecule has 1 unspecified atom stereocenters. The predicted octanol–water partition coefficient (Wildman–Crippen LogP) is 2.84. The Morgan fingerprint density at radius 2 is 1.94 bits per heavy atom. The van der Waals surface area contributed by atoms with E-state index in [1.165, 1.54) is 6.08 Å². The molecule has 1 nitrogen and oxygen atoms in total. The first kappa shape index (κ1) is 14.3. The van der Waals surface area contributed by atoms with Crippen molar-refractivity contribution in [3.8, 4) is 23.7 Å². The molecule has 0 aromatic rings. The minimum Gasteiger partial charge on any atom is -0.377 e. The first-order valence-corrected chi connectivity index (χ1v) is 5.36. The third-order valence-corrected chi connectivity index (χ3v) is 1.76. The maximum absolute atomic E-state index is 9.00. The van der Waals surface area contributed by atoms with Crippen LogP contribution >= 0.6 is 0 Å². The van der Waals surface area contributed by atoms with Crippen molar-refractivity contribution in [1.29, 1.82) is 0 Å². The smallest absolute Gasteiger partial charge is 0.134 e. The summed E-state index contributed by atoms with van der Waals surface area (Å²) < 4.78 is 0. The third-order valence-electron chi connectivity index (χ3n) is 1.76. The van der Waals surface area contributed by atoms with Crippen LogP contribution in [-0.4, -0.2) is 11.2 Å². The predicted molar refractivity (Wildman–Crippen MR) is 69.6 cm³/mol. The van der Waals surface area contributed by atoms with Gasteiger partial charge in [-0.25, -0.2) is 0 Å². The number of rotatable bonds is 6. The van der Waals surface area contributed by atoms with Crippen LogP contribution in [-0.2, 0) is 0 Å². The lowest BCUT2D eigenvalue weighted by Crippen LogP contribution is -1.94. The highest BCUT2D eigenvalue weighted by atomic mass is 16.3. The van der Waals surface area contributed by atoms with Crippen molar-refractivity contribution in [1.82, 2.24) is 0 Å². The molecular formula is C15H18O. The van der Waals surface area contributed by atoms with Gasteiger partial charge in [0, 0.05) is 6.42 Å². The molecule has 0 rings (SSSR count). The average Bonchev–Trinajstić information content (AvgIpc) is 2.31. The van der Waals surface area contributed by atoms with Gasteiger partial charge in [0.15, 0.2) is 0 Å². The molecule has 16 heavy (non-hydrogen) atoms. The average molecular weight is 214 g/mol. The van der Waals surface area contributed by atoms with Crippen molar-refractivity contribution in [2.75, 3.05) is 0 Å². The number of unbranched alkanes of at least 4 members (excludes halogenated alkanes) is 2. The fraction of sp³-hybridized carbons (Fsp3) is 0.333. The Balaban J connectivity index is 3.63. The number of aliphatic hydroxyl groups excluding tert-OH is 1. The van der Waals surface area contributed by atoms with Gasteiger partial charge >= 0.3 is 0 Å². The maximum Gasteiger partial charge on any atom is 0.134 e. The quantitative estimate of drug-likeness (QED) is 0.409. The van der Waals surface area contributed by atoms with Crippen LogP contribution in [0.3, 0.4) is 0 Å². The van der Waals surface area contributed by atoms with Crippen LogP contribution in [0.2, 0.25) is 0 Å². The van der Waals surface area contributed by atoms with Crippen molar-refractivity contribution in [3.05, 3.63) is 37.5 Å². The van der Waals surface area contributed by atoms with E-state index in [0.29, 0.717) is 6.42 Å². The van der Waals surface area contributed by atoms with Crippen LogP contribution in [0.15, 0.2) is 37.5 Å². The molecule has 0 aromatic heterocycles. The van der Waals surface area contributed by atoms with Gasteiger partial charge < -0.3 is 5.11 Å². The molecule has 0 fully saturated rings. The highest BCUT2D eigenvalue weighted by molar-refractivity contribution is 5.29. The van der Waals surface area contributed by atoms with E-state index in [-0.39, 0.29) is 0 Å². The van der Waals surface area contributed by atoms with Crippen LogP contribution in [0.1, 0.15) is 25.7 Å². The van der Waals surface area contributed by atoms with Crippen molar-refractivity contribution in [2.24, 2.45) is 0 Å². The molecule has 0 amide bonds. The Hall–Kier alpha value is -1.70. The van der Waals surface area contributed by atoms with E-state index in [9.17, 15) is 0 Å². The normalized spacial score (nSPS) is 10.8. The van der Waals surface area contributed by atoms with Crippen LogP contribution < -0.4 is 0 Å². The first-order chi connectivity index (χ1) is 7.81. The lowest BCUT2D eigenvalue weighted by Gasteiger charge is -1.87. The summed E-state index contributed by atoms with van der Waals surface area (Å²) in [5, 5.41) is 9.00. The van der Waals surface area contributed by atoms with Gasteiger partial charge in [-0.15, -0.1) is 6.58 Å². The van der Waals surface area contributed by atoms with E-state index in [0.717, 1.165) is 19.3 Å². The molecule has 0 spiro atoms. The molecular weight excluding hydrogens is 196 g/mol. The van der Waals surface area contributed by atoms with E-state index < -0.39 is 6.10 Å². The van der Waals surface area contributed by atoms with Gasteiger partial charge in [0.25, 0.3) is 0 Å². The summed E-state index contributed by atoms with van der Waals surface area (Å²) in [7, 11) is 0. The molecule has 0 aliphatic carbocycles. The second kappa shape index (κ2) is 11.4. The van der Waals surface area contributed by atoms with Crippen LogP contribution in [0, 0.1) is 23.7 Å². The van der Waals surface area contributed by atoms with Gasteiger partial charge in [0.1, 0.15) is 6.10 Å². The van der Waals surface area contributed by atoms with Crippen molar-refractivity contribution in [2.45, 2.75) is 31.8 Å². The van der Waals surface area contributed by atoms with Gasteiger partial charge in [-0.2, -0.15) is 0 Å². The summed E-state index contributed by atoms with van der Waals surface area (Å²) in [6.45, 7) is 7.07. The second-order valence-corrected chi connectivity index (χ2v) is 3.15. The topological polar surface area (TPSA) is 20.2 Å². The molecule has 0 aromatic carbocycles. The summed E-state index contributed by atoms with van der Waals surface area (Å²) >= 11 is 0. The molecule has 0 saturated carbocycles. The maximum atomic E-state index is 9.00. The summed E-state index contributed by atoms with van der Waals surface area (Å²) in [6, 6.07) is 0. The van der Waals surface area contributed by atoms with E-state index in [1.54, 1.807) is 0 Å². The molecule has 0 radical (unpaired) electrons. The fourth-order valence-electron chi connectivity index (χ4n) is 0.904. The van der Waals surface area contributed by atoms with Crippen molar-refractivity contribution >= 4 is 0 Å². The molecule has 1 N–H and O–H groups in total. The van der Waals surface area contributed by atoms with Crippen molar-refractivity contribution < 1.29 is 5.11 Å². The zero-order chi connectivity index (χ0) is 12.1. The van der Waals surface area contributed by atoms with Gasteiger partial charge in [-0.05, 0) is 31.1 Å². The SMILES string of the molecule is C=CCCC/C=C\CC#CC#CC(O)C=C. The van der Waals surface area contributed by atoms with Gasteiger partial charge in [0.05, 0.1) is 0 Å². The van der Waals surface area contributed by atoms with Gasteiger partial charge in [0.2, 0.25) is 0 Å². The minimum atomic E-state index is -0.774. The monoisotopic (exact) mass is 214 g/mol. The lowest BCUT2D eigenvalue weighted by atomic mass is 10.2. The second-order valence-electron chi connectivity index (χ2n) is 3.15. The standard InChI is InChI=1S/C15H18O/c1-3-5-6-7-8-9-10-11-12-13-14-15(16)4-2/h3-4,8-9,15-16H,1-2,5-7,10H2/b9-8-. The molecule has 1 heteroatoms. The summed E-state index contributed by atoms with van der Waals surface area (Å²) in [5.74, 6) is 10.6.